The van der Waals surface area contributed by atoms with E-state index in [0.29, 0.717) is 37.4 Å². The zero-order valence-corrected chi connectivity index (χ0v) is 14.9. The van der Waals surface area contributed by atoms with Crippen molar-refractivity contribution in [3.8, 4) is 11.5 Å². The summed E-state index contributed by atoms with van der Waals surface area (Å²) in [4.78, 5) is 26.7. The zero-order valence-electron chi connectivity index (χ0n) is 14.9. The third-order valence-corrected chi connectivity index (χ3v) is 4.70. The van der Waals surface area contributed by atoms with Gasteiger partial charge in [-0.25, -0.2) is 0 Å². The molecule has 0 aromatic heterocycles. The fraction of sp³-hybridized carbons (Fsp3) is 0.333. The molecule has 0 spiro atoms. The van der Waals surface area contributed by atoms with E-state index in [1.165, 1.54) is 0 Å². The molecule has 26 heavy (non-hydrogen) atoms. The first-order valence-electron chi connectivity index (χ1n) is 8.82. The summed E-state index contributed by atoms with van der Waals surface area (Å²) in [7, 11) is 1.57. The summed E-state index contributed by atoms with van der Waals surface area (Å²) >= 11 is 0. The van der Waals surface area contributed by atoms with Crippen molar-refractivity contribution in [1.82, 2.24) is 4.90 Å². The number of hydrogen-bond donors (Lipinski definition) is 0. The van der Waals surface area contributed by atoms with Crippen molar-refractivity contribution in [2.45, 2.75) is 12.8 Å². The number of carbonyl (C=O) groups excluding carboxylic acids is 2. The molecule has 136 valence electrons. The van der Waals surface area contributed by atoms with E-state index in [2.05, 4.69) is 0 Å². The molecule has 1 aliphatic heterocycles. The number of methoxy groups -OCH3 is 1. The maximum Gasteiger partial charge on any atom is 0.260 e. The number of nitrogens with zero attached hydrogens (tertiary/aromatic N) is 1. The molecule has 1 heterocycles. The Balaban J connectivity index is 1.50. The summed E-state index contributed by atoms with van der Waals surface area (Å²) in [5, 5.41) is 0. The maximum atomic E-state index is 12.5. The molecular formula is C21H23NO4. The molecule has 1 amide bonds. The van der Waals surface area contributed by atoms with Gasteiger partial charge in [0, 0.05) is 24.6 Å². The lowest BCUT2D eigenvalue weighted by Crippen LogP contribution is -2.42. The molecule has 0 unspecified atom stereocenters. The molecule has 1 aliphatic rings. The minimum Gasteiger partial charge on any atom is -0.493 e. The van der Waals surface area contributed by atoms with Crippen LogP contribution in [0.4, 0.5) is 0 Å². The van der Waals surface area contributed by atoms with Crippen molar-refractivity contribution in [3.63, 3.8) is 0 Å². The number of Topliss-reactive ketones (excluding diaryl/α,β-unsaturated/α-hetero) is 1. The van der Waals surface area contributed by atoms with E-state index in [-0.39, 0.29) is 24.2 Å². The second-order valence-electron chi connectivity index (χ2n) is 6.32. The van der Waals surface area contributed by atoms with Gasteiger partial charge in [0.15, 0.2) is 23.9 Å². The lowest BCUT2D eigenvalue weighted by atomic mass is 9.89. The maximum absolute atomic E-state index is 12.5. The van der Waals surface area contributed by atoms with Crippen molar-refractivity contribution in [2.75, 3.05) is 26.8 Å². The molecule has 0 atom stereocenters. The van der Waals surface area contributed by atoms with E-state index in [1.54, 1.807) is 24.1 Å². The van der Waals surface area contributed by atoms with Crippen LogP contribution in [0.25, 0.3) is 0 Å². The minimum absolute atomic E-state index is 0.0171. The number of piperidine rings is 1. The number of likely N-dealkylation sites (tertiary alicyclic amines) is 1. The number of rotatable bonds is 6. The first kappa shape index (κ1) is 18.0. The molecule has 3 rings (SSSR count). The van der Waals surface area contributed by atoms with E-state index in [4.69, 9.17) is 9.47 Å². The monoisotopic (exact) mass is 353 g/mol. The van der Waals surface area contributed by atoms with Crippen molar-refractivity contribution in [2.24, 2.45) is 5.92 Å². The summed E-state index contributed by atoms with van der Waals surface area (Å²) < 4.78 is 10.8. The summed E-state index contributed by atoms with van der Waals surface area (Å²) in [5.74, 6) is 1.24. The van der Waals surface area contributed by atoms with Crippen molar-refractivity contribution in [1.29, 1.82) is 0 Å². The van der Waals surface area contributed by atoms with Crippen LogP contribution in [0.1, 0.15) is 23.2 Å². The van der Waals surface area contributed by atoms with Gasteiger partial charge in [-0.05, 0) is 25.0 Å². The molecule has 2 aromatic carbocycles. The molecular weight excluding hydrogens is 330 g/mol. The number of amides is 1. The Morgan fingerprint density at radius 3 is 2.23 bits per heavy atom. The van der Waals surface area contributed by atoms with Gasteiger partial charge in [0.25, 0.3) is 5.91 Å². The van der Waals surface area contributed by atoms with Crippen LogP contribution in [-0.2, 0) is 4.79 Å². The Kier molecular flexibility index (Phi) is 5.89. The van der Waals surface area contributed by atoms with E-state index in [9.17, 15) is 9.59 Å². The standard InChI is InChI=1S/C21H23NO4/c1-25-18-9-5-6-10-19(18)26-15-20(23)22-13-11-17(12-14-22)21(24)16-7-3-2-4-8-16/h2-10,17H,11-15H2,1H3. The van der Waals surface area contributed by atoms with Gasteiger partial charge in [-0.1, -0.05) is 42.5 Å². The first-order valence-corrected chi connectivity index (χ1v) is 8.82. The lowest BCUT2D eigenvalue weighted by molar-refractivity contribution is -0.134. The Morgan fingerprint density at radius 1 is 0.962 bits per heavy atom. The Morgan fingerprint density at radius 2 is 1.58 bits per heavy atom. The average molecular weight is 353 g/mol. The van der Waals surface area contributed by atoms with Crippen LogP contribution >= 0.6 is 0 Å². The number of para-hydroxylation sites is 2. The van der Waals surface area contributed by atoms with E-state index in [0.717, 1.165) is 5.56 Å². The second kappa shape index (κ2) is 8.52. The van der Waals surface area contributed by atoms with Gasteiger partial charge in [-0.3, -0.25) is 9.59 Å². The van der Waals surface area contributed by atoms with Gasteiger partial charge in [-0.2, -0.15) is 0 Å². The van der Waals surface area contributed by atoms with Gasteiger partial charge in [-0.15, -0.1) is 0 Å². The normalized spacial score (nSPS) is 14.7. The number of benzene rings is 2. The summed E-state index contributed by atoms with van der Waals surface area (Å²) in [6, 6.07) is 16.6. The van der Waals surface area contributed by atoms with Crippen LogP contribution in [0, 0.1) is 5.92 Å². The fourth-order valence-corrected chi connectivity index (χ4v) is 3.20. The third kappa shape index (κ3) is 4.23. The highest BCUT2D eigenvalue weighted by Crippen LogP contribution is 2.26. The predicted octanol–water partition coefficient (Wildman–Crippen LogP) is 3.20. The SMILES string of the molecule is COc1ccccc1OCC(=O)N1CCC(C(=O)c2ccccc2)CC1. The topological polar surface area (TPSA) is 55.8 Å². The predicted molar refractivity (Wildman–Crippen MR) is 98.6 cm³/mol. The van der Waals surface area contributed by atoms with Crippen LogP contribution in [-0.4, -0.2) is 43.4 Å². The van der Waals surface area contributed by atoms with Crippen molar-refractivity contribution < 1.29 is 19.1 Å². The highest BCUT2D eigenvalue weighted by Gasteiger charge is 2.28. The molecule has 0 N–H and O–H groups in total. The van der Waals surface area contributed by atoms with Crippen molar-refractivity contribution >= 4 is 11.7 Å². The molecule has 2 aromatic rings. The van der Waals surface area contributed by atoms with Crippen LogP contribution < -0.4 is 9.47 Å². The second-order valence-corrected chi connectivity index (χ2v) is 6.32. The van der Waals surface area contributed by atoms with Gasteiger partial charge < -0.3 is 14.4 Å². The molecule has 5 heteroatoms. The fourth-order valence-electron chi connectivity index (χ4n) is 3.20. The third-order valence-electron chi connectivity index (χ3n) is 4.70. The summed E-state index contributed by atoms with van der Waals surface area (Å²) in [6.07, 6.45) is 1.38. The highest BCUT2D eigenvalue weighted by molar-refractivity contribution is 5.98. The van der Waals surface area contributed by atoms with E-state index >= 15 is 0 Å². The Bertz CT molecular complexity index is 752. The largest absolute Gasteiger partial charge is 0.493 e. The summed E-state index contributed by atoms with van der Waals surface area (Å²) in [6.45, 7) is 1.13. The first-order chi connectivity index (χ1) is 12.7. The quantitative estimate of drug-likeness (QED) is 0.749. The Labute approximate surface area is 153 Å². The van der Waals surface area contributed by atoms with Crippen LogP contribution in [0.2, 0.25) is 0 Å². The van der Waals surface area contributed by atoms with E-state index in [1.807, 2.05) is 42.5 Å². The molecule has 0 saturated carbocycles. The zero-order chi connectivity index (χ0) is 18.4. The van der Waals surface area contributed by atoms with Crippen LogP contribution in [0.5, 0.6) is 11.5 Å². The van der Waals surface area contributed by atoms with Gasteiger partial charge in [0.2, 0.25) is 0 Å². The average Bonchev–Trinajstić information content (AvgIpc) is 2.72. The van der Waals surface area contributed by atoms with Crippen molar-refractivity contribution in [3.05, 3.63) is 60.2 Å². The Hall–Kier alpha value is -2.82. The van der Waals surface area contributed by atoms with Gasteiger partial charge >= 0.3 is 0 Å². The smallest absolute Gasteiger partial charge is 0.260 e. The van der Waals surface area contributed by atoms with Crippen LogP contribution in [0.3, 0.4) is 0 Å². The molecule has 0 bridgehead atoms. The lowest BCUT2D eigenvalue weighted by Gasteiger charge is -2.31. The summed E-state index contributed by atoms with van der Waals surface area (Å²) in [5.41, 5.74) is 0.747. The van der Waals surface area contributed by atoms with Crippen LogP contribution in [0.15, 0.2) is 54.6 Å². The molecule has 1 saturated heterocycles. The van der Waals surface area contributed by atoms with Gasteiger partial charge in [0.1, 0.15) is 0 Å². The van der Waals surface area contributed by atoms with Gasteiger partial charge in [0.05, 0.1) is 7.11 Å². The number of ether oxygens (including phenoxy) is 2. The molecule has 1 fully saturated rings. The molecule has 5 nitrogen and oxygen atoms in total. The number of ketones is 1. The highest BCUT2D eigenvalue weighted by atomic mass is 16.5. The number of hydrogen-bond acceptors (Lipinski definition) is 4. The molecule has 0 radical (unpaired) electrons. The minimum atomic E-state index is -0.0680. The number of carbonyl (C=O) groups is 2. The molecule has 0 aliphatic carbocycles. The van der Waals surface area contributed by atoms with E-state index < -0.39 is 0 Å².